The first-order valence-corrected chi connectivity index (χ1v) is 13.6. The number of urea groups is 1. The molecule has 41 heavy (non-hydrogen) atoms. The molecule has 1 aromatic carbocycles. The second-order valence-electron chi connectivity index (χ2n) is 11.6. The predicted molar refractivity (Wildman–Crippen MR) is 148 cm³/mol. The maximum atomic E-state index is 14.0. The third kappa shape index (κ3) is 4.66. The average molecular weight is 572 g/mol. The van der Waals surface area contributed by atoms with E-state index in [1.54, 1.807) is 19.0 Å². The van der Waals surface area contributed by atoms with Gasteiger partial charge in [-0.25, -0.2) is 4.79 Å². The van der Waals surface area contributed by atoms with Gasteiger partial charge in [-0.3, -0.25) is 28.9 Å². The number of phenolic OH excluding ortho intramolecular Hbond substituents is 1. The van der Waals surface area contributed by atoms with Crippen molar-refractivity contribution in [2.75, 3.05) is 45.0 Å². The van der Waals surface area contributed by atoms with Crippen LogP contribution in [0.4, 0.5) is 16.2 Å². The number of amides is 3. The largest absolute Gasteiger partial charge is 0.505 e. The molecule has 0 saturated heterocycles. The number of anilines is 2. The lowest BCUT2D eigenvalue weighted by atomic mass is 9.52. The molecule has 3 aliphatic carbocycles. The molecule has 0 aliphatic heterocycles. The quantitative estimate of drug-likeness (QED) is 0.167. The van der Waals surface area contributed by atoms with Gasteiger partial charge < -0.3 is 31.5 Å². The molecule has 2 fully saturated rings. The maximum absolute atomic E-state index is 14.0. The molecule has 2 unspecified atom stereocenters. The van der Waals surface area contributed by atoms with Crippen LogP contribution in [0.3, 0.4) is 0 Å². The number of ketones is 4. The van der Waals surface area contributed by atoms with Crippen LogP contribution >= 0.6 is 0 Å². The summed E-state index contributed by atoms with van der Waals surface area (Å²) in [6.07, 6.45) is 1.68. The van der Waals surface area contributed by atoms with E-state index >= 15 is 0 Å². The molecule has 1 aromatic rings. The van der Waals surface area contributed by atoms with Gasteiger partial charge in [0.1, 0.15) is 5.75 Å². The SMILES string of the molecule is CCCCNC(=O)Nc1cc(N(C)C)c2c(c1O)C(=O)C1C(=O)[C@]3(O)C(=O)C(C(N)=O)C(=O)[C@@H](N(C)C)[C@@H]3C[C@@H]1C2. The summed E-state index contributed by atoms with van der Waals surface area (Å²) in [5.74, 6) is -11.3. The highest BCUT2D eigenvalue weighted by atomic mass is 16.3. The van der Waals surface area contributed by atoms with Crippen LogP contribution in [-0.4, -0.2) is 96.6 Å². The molecule has 0 aromatic heterocycles. The Kier molecular flexibility index (Phi) is 7.98. The summed E-state index contributed by atoms with van der Waals surface area (Å²) in [6.45, 7) is 2.37. The standard InChI is InChI=1S/C28H37N5O8/c1-6-7-8-30-27(40)31-15-11-16(32(2)3)13-9-12-10-14-20(33(4)5)23(36)19(26(29)39)25(38)28(14,41)24(37)17(12)22(35)18(13)21(15)34/h11-12,14,17,19-20,34,41H,6-10H2,1-5H3,(H2,29,39)(H2,30,31,40)/t12-,14-,17?,19?,20-,28-/m0/s1. The second-order valence-corrected chi connectivity index (χ2v) is 11.6. The molecule has 3 amide bonds. The highest BCUT2D eigenvalue weighted by Crippen LogP contribution is 2.52. The van der Waals surface area contributed by atoms with Crippen LogP contribution in [0.15, 0.2) is 6.07 Å². The Morgan fingerprint density at radius 3 is 2.34 bits per heavy atom. The Hall–Kier alpha value is -3.84. The maximum Gasteiger partial charge on any atom is 0.319 e. The lowest BCUT2D eigenvalue weighted by Crippen LogP contribution is -2.74. The van der Waals surface area contributed by atoms with Crippen LogP contribution in [0.5, 0.6) is 5.75 Å². The fourth-order valence-corrected chi connectivity index (χ4v) is 6.69. The van der Waals surface area contributed by atoms with E-state index in [2.05, 4.69) is 10.6 Å². The number of nitrogens with zero attached hydrogens (tertiary/aromatic N) is 2. The third-order valence-corrected chi connectivity index (χ3v) is 8.58. The van der Waals surface area contributed by atoms with Crippen molar-refractivity contribution in [3.8, 4) is 5.75 Å². The number of carbonyl (C=O) groups excluding carboxylic acids is 6. The smallest absolute Gasteiger partial charge is 0.319 e. The Balaban J connectivity index is 1.81. The summed E-state index contributed by atoms with van der Waals surface area (Å²) in [5, 5.41) is 28.1. The number of primary amides is 1. The third-order valence-electron chi connectivity index (χ3n) is 8.58. The topological polar surface area (TPSA) is 199 Å². The van der Waals surface area contributed by atoms with Crippen LogP contribution < -0.4 is 21.3 Å². The van der Waals surface area contributed by atoms with Gasteiger partial charge in [0, 0.05) is 32.2 Å². The van der Waals surface area contributed by atoms with Crippen molar-refractivity contribution in [3.05, 3.63) is 17.2 Å². The minimum Gasteiger partial charge on any atom is -0.505 e. The number of aliphatic hydroxyl groups is 1. The van der Waals surface area contributed by atoms with Crippen LogP contribution in [0, 0.1) is 23.7 Å². The summed E-state index contributed by atoms with van der Waals surface area (Å²) in [6, 6.07) is -0.221. The van der Waals surface area contributed by atoms with Gasteiger partial charge >= 0.3 is 6.03 Å². The number of rotatable bonds is 7. The van der Waals surface area contributed by atoms with E-state index in [9.17, 15) is 39.0 Å². The number of aromatic hydroxyl groups is 1. The number of hydrogen-bond acceptors (Lipinski definition) is 10. The molecule has 4 rings (SSSR count). The van der Waals surface area contributed by atoms with Gasteiger partial charge in [-0.05, 0) is 50.9 Å². The molecule has 0 heterocycles. The molecular formula is C28H37N5O8. The summed E-state index contributed by atoms with van der Waals surface area (Å²) in [5.41, 5.74) is 3.28. The van der Waals surface area contributed by atoms with Crippen LogP contribution in [0.1, 0.15) is 42.1 Å². The van der Waals surface area contributed by atoms with Gasteiger partial charge in [0.05, 0.1) is 23.2 Å². The number of nitrogens with one attached hydrogen (secondary N) is 2. The van der Waals surface area contributed by atoms with Gasteiger partial charge in [-0.1, -0.05) is 13.3 Å². The Morgan fingerprint density at radius 1 is 1.12 bits per heavy atom. The Morgan fingerprint density at radius 2 is 1.78 bits per heavy atom. The van der Waals surface area contributed by atoms with Crippen molar-refractivity contribution in [2.24, 2.45) is 29.4 Å². The van der Waals surface area contributed by atoms with Crippen LogP contribution in [0.2, 0.25) is 0 Å². The minimum absolute atomic E-state index is 0.0443. The molecule has 13 heteroatoms. The van der Waals surface area contributed by atoms with Crippen LogP contribution in [0.25, 0.3) is 0 Å². The summed E-state index contributed by atoms with van der Waals surface area (Å²) in [7, 11) is 6.51. The summed E-state index contributed by atoms with van der Waals surface area (Å²) in [4.78, 5) is 82.3. The zero-order chi connectivity index (χ0) is 30.5. The first kappa shape index (κ1) is 30.1. The number of unbranched alkanes of at least 4 members (excludes halogenated alkanes) is 1. The lowest BCUT2D eigenvalue weighted by Gasteiger charge is -2.52. The van der Waals surface area contributed by atoms with Crippen LogP contribution in [-0.2, 0) is 25.6 Å². The number of likely N-dealkylation sites (N-methyl/N-ethyl adjacent to an activating group) is 1. The van der Waals surface area contributed by atoms with E-state index in [4.69, 9.17) is 5.73 Å². The number of hydrogen-bond donors (Lipinski definition) is 5. The monoisotopic (exact) mass is 571 g/mol. The molecule has 0 radical (unpaired) electrons. The highest BCUT2D eigenvalue weighted by Gasteiger charge is 2.69. The van der Waals surface area contributed by atoms with E-state index in [0.717, 1.165) is 12.8 Å². The normalized spacial score (nSPS) is 29.0. The zero-order valence-electron chi connectivity index (χ0n) is 23.8. The Labute approximate surface area is 237 Å². The highest BCUT2D eigenvalue weighted by molar-refractivity contribution is 6.32. The Bertz CT molecular complexity index is 1340. The molecule has 222 valence electrons. The second kappa shape index (κ2) is 10.9. The number of fused-ring (bicyclic) bond motifs is 3. The predicted octanol–water partition coefficient (Wildman–Crippen LogP) is -0.145. The van der Waals surface area contributed by atoms with Crippen molar-refractivity contribution in [1.82, 2.24) is 10.2 Å². The van der Waals surface area contributed by atoms with E-state index in [1.807, 2.05) is 6.92 Å². The number of carbonyl (C=O) groups is 6. The first-order valence-electron chi connectivity index (χ1n) is 13.6. The van der Waals surface area contributed by atoms with Gasteiger partial charge in [0.25, 0.3) is 0 Å². The first-order chi connectivity index (χ1) is 19.2. The average Bonchev–Trinajstić information content (AvgIpc) is 2.87. The zero-order valence-corrected chi connectivity index (χ0v) is 23.8. The fraction of sp³-hybridized carbons (Fsp3) is 0.571. The summed E-state index contributed by atoms with van der Waals surface area (Å²) >= 11 is 0. The number of phenols is 1. The van der Waals surface area contributed by atoms with Crippen molar-refractivity contribution in [2.45, 2.75) is 44.2 Å². The van der Waals surface area contributed by atoms with E-state index < -0.39 is 76.1 Å². The molecule has 2 saturated carbocycles. The number of benzene rings is 1. The van der Waals surface area contributed by atoms with Gasteiger partial charge in [0.15, 0.2) is 34.7 Å². The van der Waals surface area contributed by atoms with Crippen molar-refractivity contribution in [3.63, 3.8) is 0 Å². The van der Waals surface area contributed by atoms with Crippen molar-refractivity contribution < 1.29 is 39.0 Å². The van der Waals surface area contributed by atoms with Crippen molar-refractivity contribution in [1.29, 1.82) is 0 Å². The van der Waals surface area contributed by atoms with E-state index in [0.29, 0.717) is 17.8 Å². The molecule has 6 atom stereocenters. The molecule has 0 spiro atoms. The molecule has 6 N–H and O–H groups in total. The van der Waals surface area contributed by atoms with Gasteiger partial charge in [-0.2, -0.15) is 0 Å². The number of Topliss-reactive ketones (excluding diaryl/α,β-unsaturated/α-hetero) is 4. The fourth-order valence-electron chi connectivity index (χ4n) is 6.69. The minimum atomic E-state index is -2.80. The molecular weight excluding hydrogens is 534 g/mol. The van der Waals surface area contributed by atoms with E-state index in [-0.39, 0.29) is 24.1 Å². The van der Waals surface area contributed by atoms with Gasteiger partial charge in [-0.15, -0.1) is 0 Å². The summed E-state index contributed by atoms with van der Waals surface area (Å²) < 4.78 is 0. The molecule has 0 bridgehead atoms. The lowest BCUT2D eigenvalue weighted by molar-refractivity contribution is -0.181. The van der Waals surface area contributed by atoms with E-state index in [1.165, 1.54) is 25.1 Å². The van der Waals surface area contributed by atoms with Gasteiger partial charge in [0.2, 0.25) is 5.91 Å². The molecule has 13 nitrogen and oxygen atoms in total. The van der Waals surface area contributed by atoms with Crippen molar-refractivity contribution >= 4 is 46.4 Å². The molecule has 3 aliphatic rings. The number of nitrogens with two attached hydrogens (primary N) is 1.